The number of ether oxygens (including phenoxy) is 1. The van der Waals surface area contributed by atoms with Crippen LogP contribution >= 0.6 is 11.3 Å². The van der Waals surface area contributed by atoms with Crippen molar-refractivity contribution in [2.45, 2.75) is 25.9 Å². The molecule has 0 aliphatic carbocycles. The fourth-order valence-electron chi connectivity index (χ4n) is 3.17. The van der Waals surface area contributed by atoms with E-state index in [1.54, 1.807) is 12.3 Å². The molecule has 1 fully saturated rings. The average molecular weight is 371 g/mol. The molecule has 2 aliphatic heterocycles. The number of anilines is 1. The predicted octanol–water partition coefficient (Wildman–Crippen LogP) is 2.48. The number of nitrogens with one attached hydrogen (secondary N) is 1. The number of nitrogens with zero attached hydrogens (tertiary/aromatic N) is 2. The Bertz CT molecular complexity index is 902. The molecule has 1 atom stereocenters. The van der Waals surface area contributed by atoms with E-state index in [2.05, 4.69) is 10.3 Å². The molecule has 0 bridgehead atoms. The number of aryl methyl sites for hydroxylation is 1. The number of carbonyl (C=O) groups excluding carboxylic acids is 3. The fraction of sp³-hybridized carbons (Fsp3) is 0.333. The van der Waals surface area contributed by atoms with Crippen molar-refractivity contribution in [3.8, 4) is 0 Å². The second kappa shape index (κ2) is 6.62. The van der Waals surface area contributed by atoms with Crippen molar-refractivity contribution in [2.75, 3.05) is 18.5 Å². The normalized spacial score (nSPS) is 19.1. The molecule has 2 aliphatic rings. The lowest BCUT2D eigenvalue weighted by Crippen LogP contribution is -2.36. The Balaban J connectivity index is 1.54. The molecule has 0 spiro atoms. The summed E-state index contributed by atoms with van der Waals surface area (Å²) in [5.41, 5.74) is 0.905. The molecule has 1 aromatic carbocycles. The Kier molecular flexibility index (Phi) is 4.29. The first-order valence-corrected chi connectivity index (χ1v) is 9.20. The number of hydrogen-bond donors (Lipinski definition) is 1. The summed E-state index contributed by atoms with van der Waals surface area (Å²) in [5, 5.41) is 3.20. The van der Waals surface area contributed by atoms with E-state index in [1.165, 1.54) is 28.4 Å². The minimum absolute atomic E-state index is 0.104. The van der Waals surface area contributed by atoms with Crippen molar-refractivity contribution < 1.29 is 19.1 Å². The first-order chi connectivity index (χ1) is 12.5. The van der Waals surface area contributed by atoms with Crippen molar-refractivity contribution in [3.05, 3.63) is 46.0 Å². The first-order valence-electron chi connectivity index (χ1n) is 8.38. The van der Waals surface area contributed by atoms with E-state index >= 15 is 0 Å². The van der Waals surface area contributed by atoms with Gasteiger partial charge in [0, 0.05) is 23.2 Å². The first kappa shape index (κ1) is 16.9. The molecule has 7 nitrogen and oxygen atoms in total. The van der Waals surface area contributed by atoms with E-state index in [0.29, 0.717) is 22.9 Å². The van der Waals surface area contributed by atoms with Crippen LogP contribution in [0.2, 0.25) is 0 Å². The van der Waals surface area contributed by atoms with Crippen molar-refractivity contribution in [1.29, 1.82) is 0 Å². The zero-order valence-corrected chi connectivity index (χ0v) is 15.0. The lowest BCUT2D eigenvalue weighted by atomic mass is 10.1. The quantitative estimate of drug-likeness (QED) is 0.834. The largest absolute Gasteiger partial charge is 0.376 e. The Morgan fingerprint density at radius 3 is 2.85 bits per heavy atom. The molecule has 3 amide bonds. The summed E-state index contributed by atoms with van der Waals surface area (Å²) in [5.74, 6) is -1.07. The van der Waals surface area contributed by atoms with Gasteiger partial charge in [0.15, 0.2) is 5.13 Å². The van der Waals surface area contributed by atoms with Crippen LogP contribution < -0.4 is 5.32 Å². The van der Waals surface area contributed by atoms with E-state index in [1.807, 2.05) is 6.92 Å². The monoisotopic (exact) mass is 371 g/mol. The molecule has 26 heavy (non-hydrogen) atoms. The SMILES string of the molecule is Cc1cnc(NC(=O)c2ccc3c(c2)C(=O)N(C[C@H]2CCCO2)C3=O)s1. The van der Waals surface area contributed by atoms with Crippen LogP contribution in [0.25, 0.3) is 0 Å². The maximum Gasteiger partial charge on any atom is 0.261 e. The van der Waals surface area contributed by atoms with Gasteiger partial charge in [-0.3, -0.25) is 24.6 Å². The molecule has 0 saturated carbocycles. The van der Waals surface area contributed by atoms with Crippen LogP contribution in [0.1, 0.15) is 48.8 Å². The van der Waals surface area contributed by atoms with Gasteiger partial charge in [-0.05, 0) is 38.0 Å². The second-order valence-electron chi connectivity index (χ2n) is 6.35. The van der Waals surface area contributed by atoms with Gasteiger partial charge in [-0.15, -0.1) is 11.3 Å². The zero-order chi connectivity index (χ0) is 18.3. The van der Waals surface area contributed by atoms with Crippen molar-refractivity contribution in [1.82, 2.24) is 9.88 Å². The van der Waals surface area contributed by atoms with Crippen molar-refractivity contribution in [3.63, 3.8) is 0 Å². The Morgan fingerprint density at radius 2 is 2.15 bits per heavy atom. The highest BCUT2D eigenvalue weighted by molar-refractivity contribution is 7.15. The van der Waals surface area contributed by atoms with Crippen LogP contribution in [0.4, 0.5) is 5.13 Å². The standard InChI is InChI=1S/C18H17N3O4S/c1-10-8-19-18(26-10)20-15(22)11-4-5-13-14(7-11)17(24)21(16(13)23)9-12-3-2-6-25-12/h4-5,7-8,12H,2-3,6,9H2,1H3,(H,19,20,22)/t12-/m1/s1. The minimum Gasteiger partial charge on any atom is -0.376 e. The lowest BCUT2D eigenvalue weighted by Gasteiger charge is -2.17. The topological polar surface area (TPSA) is 88.6 Å². The van der Waals surface area contributed by atoms with Gasteiger partial charge >= 0.3 is 0 Å². The smallest absolute Gasteiger partial charge is 0.261 e. The van der Waals surface area contributed by atoms with Crippen LogP contribution in [0.3, 0.4) is 0 Å². The second-order valence-corrected chi connectivity index (χ2v) is 7.58. The summed E-state index contributed by atoms with van der Waals surface area (Å²) in [4.78, 5) is 43.8. The summed E-state index contributed by atoms with van der Waals surface area (Å²) in [6.07, 6.45) is 3.35. The van der Waals surface area contributed by atoms with Crippen LogP contribution in [0.15, 0.2) is 24.4 Å². The average Bonchev–Trinajstić information content (AvgIpc) is 3.33. The third kappa shape index (κ3) is 3.02. The highest BCUT2D eigenvalue weighted by Crippen LogP contribution is 2.26. The van der Waals surface area contributed by atoms with Crippen molar-refractivity contribution >= 4 is 34.2 Å². The summed E-state index contributed by atoms with van der Waals surface area (Å²) >= 11 is 1.37. The van der Waals surface area contributed by atoms with Gasteiger partial charge in [-0.2, -0.15) is 0 Å². The van der Waals surface area contributed by atoms with Gasteiger partial charge in [0.25, 0.3) is 17.7 Å². The molecule has 1 aromatic heterocycles. The number of thiazole rings is 1. The molecule has 1 saturated heterocycles. The number of hydrogen-bond acceptors (Lipinski definition) is 6. The molecular weight excluding hydrogens is 354 g/mol. The maximum atomic E-state index is 12.6. The number of rotatable bonds is 4. The molecule has 4 rings (SSSR count). The van der Waals surface area contributed by atoms with Gasteiger partial charge in [0.2, 0.25) is 0 Å². The van der Waals surface area contributed by atoms with E-state index in [0.717, 1.165) is 17.7 Å². The van der Waals surface area contributed by atoms with Crippen LogP contribution in [0, 0.1) is 6.92 Å². The van der Waals surface area contributed by atoms with E-state index in [9.17, 15) is 14.4 Å². The highest BCUT2D eigenvalue weighted by atomic mass is 32.1. The molecular formula is C18H17N3O4S. The molecule has 134 valence electrons. The summed E-state index contributed by atoms with van der Waals surface area (Å²) < 4.78 is 5.52. The van der Waals surface area contributed by atoms with Gasteiger partial charge in [0.05, 0.1) is 23.8 Å². The molecule has 2 aromatic rings. The number of carbonyl (C=O) groups is 3. The molecule has 1 N–H and O–H groups in total. The van der Waals surface area contributed by atoms with Gasteiger partial charge in [-0.25, -0.2) is 4.98 Å². The number of benzene rings is 1. The third-order valence-corrected chi connectivity index (χ3v) is 5.31. The number of fused-ring (bicyclic) bond motifs is 1. The van der Waals surface area contributed by atoms with Gasteiger partial charge in [0.1, 0.15) is 0 Å². The Labute approximate surface area is 154 Å². The van der Waals surface area contributed by atoms with Crippen LogP contribution in [-0.2, 0) is 4.74 Å². The summed E-state index contributed by atoms with van der Waals surface area (Å²) in [6.45, 7) is 2.82. The van der Waals surface area contributed by atoms with E-state index in [-0.39, 0.29) is 35.9 Å². The molecule has 3 heterocycles. The van der Waals surface area contributed by atoms with Gasteiger partial charge < -0.3 is 4.74 Å². The zero-order valence-electron chi connectivity index (χ0n) is 14.2. The predicted molar refractivity (Wildman–Crippen MR) is 95.6 cm³/mol. The minimum atomic E-state index is -0.375. The number of imide groups is 1. The third-order valence-electron chi connectivity index (χ3n) is 4.48. The molecule has 0 radical (unpaired) electrons. The van der Waals surface area contributed by atoms with Gasteiger partial charge in [-0.1, -0.05) is 0 Å². The summed E-state index contributed by atoms with van der Waals surface area (Å²) in [7, 11) is 0. The lowest BCUT2D eigenvalue weighted by molar-refractivity contribution is 0.0475. The number of amides is 3. The molecule has 0 unspecified atom stereocenters. The van der Waals surface area contributed by atoms with Crippen LogP contribution in [-0.4, -0.2) is 46.9 Å². The van der Waals surface area contributed by atoms with E-state index < -0.39 is 0 Å². The fourth-order valence-corrected chi connectivity index (χ4v) is 3.83. The molecule has 8 heteroatoms. The summed E-state index contributed by atoms with van der Waals surface area (Å²) in [6, 6.07) is 4.56. The van der Waals surface area contributed by atoms with Crippen molar-refractivity contribution in [2.24, 2.45) is 0 Å². The highest BCUT2D eigenvalue weighted by Gasteiger charge is 2.37. The Hall–Kier alpha value is -2.58. The Morgan fingerprint density at radius 1 is 1.35 bits per heavy atom. The van der Waals surface area contributed by atoms with E-state index in [4.69, 9.17) is 4.74 Å². The van der Waals surface area contributed by atoms with Crippen LogP contribution in [0.5, 0.6) is 0 Å². The number of aromatic nitrogens is 1. The maximum absolute atomic E-state index is 12.6.